The summed E-state index contributed by atoms with van der Waals surface area (Å²) in [6, 6.07) is 8.16. The molecule has 0 saturated carbocycles. The maximum absolute atomic E-state index is 12.6. The molecule has 6 heteroatoms. The molecule has 3 aliphatic rings. The van der Waals surface area contributed by atoms with E-state index in [1.165, 1.54) is 6.39 Å². The van der Waals surface area contributed by atoms with E-state index in [2.05, 4.69) is 24.9 Å². The number of rotatable bonds is 1. The monoisotopic (exact) mass is 368 g/mol. The molecule has 4 heterocycles. The van der Waals surface area contributed by atoms with Gasteiger partial charge < -0.3 is 18.8 Å². The summed E-state index contributed by atoms with van der Waals surface area (Å²) < 4.78 is 17.9. The zero-order valence-corrected chi connectivity index (χ0v) is 15.9. The standard InChI is InChI=1S/C21H24N2O4/c1-13-17(22-12-26-13)19(24)23-9-21(10-23)8-15-18(25-11-21)14-6-4-5-7-16(14)27-20(15,2)3/h4-7,12,15,18H,8-11H2,1-3H3/t15-,18+/m0/s1. The smallest absolute Gasteiger partial charge is 0.276 e. The van der Waals surface area contributed by atoms with Gasteiger partial charge in [0.05, 0.1) is 12.7 Å². The first kappa shape index (κ1) is 16.8. The van der Waals surface area contributed by atoms with Crippen molar-refractivity contribution in [2.24, 2.45) is 11.3 Å². The third-order valence-electron chi connectivity index (χ3n) is 6.37. The average molecular weight is 368 g/mol. The Labute approximate surface area is 158 Å². The van der Waals surface area contributed by atoms with Crippen LogP contribution in [0.5, 0.6) is 5.75 Å². The van der Waals surface area contributed by atoms with Gasteiger partial charge in [0.25, 0.3) is 5.91 Å². The maximum atomic E-state index is 12.6. The number of carbonyl (C=O) groups excluding carboxylic acids is 1. The van der Waals surface area contributed by atoms with Crippen LogP contribution in [0.2, 0.25) is 0 Å². The summed E-state index contributed by atoms with van der Waals surface area (Å²) in [5.41, 5.74) is 1.25. The molecule has 0 aliphatic carbocycles. The van der Waals surface area contributed by atoms with Crippen LogP contribution in [0, 0.1) is 18.3 Å². The first-order valence-electron chi connectivity index (χ1n) is 9.47. The number of benzene rings is 1. The Bertz CT molecular complexity index is 897. The van der Waals surface area contributed by atoms with Crippen LogP contribution in [0.15, 0.2) is 35.1 Å². The van der Waals surface area contributed by atoms with Crippen molar-refractivity contribution in [3.63, 3.8) is 0 Å². The normalized spacial score (nSPS) is 27.3. The van der Waals surface area contributed by atoms with Crippen molar-refractivity contribution in [2.45, 2.75) is 38.9 Å². The zero-order chi connectivity index (χ0) is 18.8. The fourth-order valence-corrected chi connectivity index (χ4v) is 4.89. The van der Waals surface area contributed by atoms with Gasteiger partial charge in [0.15, 0.2) is 12.1 Å². The molecular formula is C21H24N2O4. The van der Waals surface area contributed by atoms with Crippen molar-refractivity contribution < 1.29 is 18.7 Å². The molecular weight excluding hydrogens is 344 g/mol. The number of hydrogen-bond donors (Lipinski definition) is 0. The van der Waals surface area contributed by atoms with Crippen LogP contribution in [0.25, 0.3) is 0 Å². The second-order valence-electron chi connectivity index (χ2n) is 8.70. The van der Waals surface area contributed by atoms with Crippen molar-refractivity contribution in [3.05, 3.63) is 47.7 Å². The van der Waals surface area contributed by atoms with Crippen LogP contribution in [0.4, 0.5) is 0 Å². The van der Waals surface area contributed by atoms with Crippen molar-refractivity contribution in [3.8, 4) is 5.75 Å². The van der Waals surface area contributed by atoms with E-state index in [-0.39, 0.29) is 28.9 Å². The summed E-state index contributed by atoms with van der Waals surface area (Å²) in [4.78, 5) is 18.5. The second-order valence-corrected chi connectivity index (χ2v) is 8.70. The van der Waals surface area contributed by atoms with Crippen molar-refractivity contribution in [2.75, 3.05) is 19.7 Å². The van der Waals surface area contributed by atoms with Gasteiger partial charge in [-0.25, -0.2) is 4.98 Å². The predicted octanol–water partition coefficient (Wildman–Crippen LogP) is 3.37. The van der Waals surface area contributed by atoms with Gasteiger partial charge in [-0.1, -0.05) is 18.2 Å². The van der Waals surface area contributed by atoms with Crippen LogP contribution in [-0.4, -0.2) is 41.1 Å². The molecule has 0 radical (unpaired) electrons. The first-order chi connectivity index (χ1) is 12.9. The van der Waals surface area contributed by atoms with E-state index in [1.54, 1.807) is 6.92 Å². The molecule has 5 rings (SSSR count). The van der Waals surface area contributed by atoms with Gasteiger partial charge >= 0.3 is 0 Å². The van der Waals surface area contributed by atoms with Gasteiger partial charge in [0.1, 0.15) is 17.1 Å². The van der Waals surface area contributed by atoms with E-state index < -0.39 is 0 Å². The molecule has 142 valence electrons. The van der Waals surface area contributed by atoms with Gasteiger partial charge in [-0.15, -0.1) is 0 Å². The highest BCUT2D eigenvalue weighted by Gasteiger charge is 2.56. The molecule has 0 bridgehead atoms. The van der Waals surface area contributed by atoms with Crippen LogP contribution in [0.1, 0.15) is 48.2 Å². The number of oxazole rings is 1. The van der Waals surface area contributed by atoms with Gasteiger partial charge in [-0.3, -0.25) is 4.79 Å². The summed E-state index contributed by atoms with van der Waals surface area (Å²) in [7, 11) is 0. The van der Waals surface area contributed by atoms with E-state index in [0.29, 0.717) is 31.2 Å². The Morgan fingerprint density at radius 1 is 1.26 bits per heavy atom. The SMILES string of the molecule is Cc1ocnc1C(=O)N1CC2(CO[C@@H]3c4ccccc4OC(C)(C)[C@H]3C2)C1. The number of hydrogen-bond acceptors (Lipinski definition) is 5. The molecule has 2 atom stereocenters. The number of aromatic nitrogens is 1. The van der Waals surface area contributed by atoms with E-state index in [9.17, 15) is 4.79 Å². The number of carbonyl (C=O) groups is 1. The van der Waals surface area contributed by atoms with Crippen molar-refractivity contribution in [1.29, 1.82) is 0 Å². The average Bonchev–Trinajstić information content (AvgIpc) is 3.04. The largest absolute Gasteiger partial charge is 0.487 e. The maximum Gasteiger partial charge on any atom is 0.276 e. The molecule has 2 aromatic rings. The van der Waals surface area contributed by atoms with E-state index in [1.807, 2.05) is 23.1 Å². The molecule has 1 amide bonds. The molecule has 3 aliphatic heterocycles. The fraction of sp³-hybridized carbons (Fsp3) is 0.524. The number of fused-ring (bicyclic) bond motifs is 3. The molecule has 1 spiro atoms. The third kappa shape index (κ3) is 2.50. The molecule has 1 aromatic heterocycles. The minimum atomic E-state index is -0.306. The molecule has 27 heavy (non-hydrogen) atoms. The Morgan fingerprint density at radius 2 is 2.04 bits per heavy atom. The Balaban J connectivity index is 1.35. The minimum absolute atomic E-state index is 0.00137. The quantitative estimate of drug-likeness (QED) is 0.772. The lowest BCUT2D eigenvalue weighted by Gasteiger charge is -2.58. The lowest BCUT2D eigenvalue weighted by Crippen LogP contribution is -2.65. The number of likely N-dealkylation sites (tertiary alicyclic amines) is 1. The Morgan fingerprint density at radius 3 is 2.78 bits per heavy atom. The highest BCUT2D eigenvalue weighted by Crippen LogP contribution is 2.55. The van der Waals surface area contributed by atoms with E-state index in [0.717, 1.165) is 17.7 Å². The third-order valence-corrected chi connectivity index (χ3v) is 6.37. The number of para-hydroxylation sites is 1. The number of nitrogens with zero attached hydrogens (tertiary/aromatic N) is 2. The molecule has 1 aromatic carbocycles. The summed E-state index contributed by atoms with van der Waals surface area (Å²) in [5.74, 6) is 1.69. The fourth-order valence-electron chi connectivity index (χ4n) is 4.89. The summed E-state index contributed by atoms with van der Waals surface area (Å²) in [6.07, 6.45) is 2.37. The molecule has 2 fully saturated rings. The lowest BCUT2D eigenvalue weighted by atomic mass is 9.64. The van der Waals surface area contributed by atoms with Crippen LogP contribution in [0.3, 0.4) is 0 Å². The molecule has 2 saturated heterocycles. The summed E-state index contributed by atoms with van der Waals surface area (Å²) in [6.45, 7) is 8.11. The highest BCUT2D eigenvalue weighted by atomic mass is 16.5. The first-order valence-corrected chi connectivity index (χ1v) is 9.47. The number of aryl methyl sites for hydroxylation is 1. The van der Waals surface area contributed by atoms with Crippen LogP contribution >= 0.6 is 0 Å². The molecule has 6 nitrogen and oxygen atoms in total. The molecule has 0 unspecified atom stereocenters. The van der Waals surface area contributed by atoms with Gasteiger partial charge in [0.2, 0.25) is 0 Å². The summed E-state index contributed by atoms with van der Waals surface area (Å²) >= 11 is 0. The minimum Gasteiger partial charge on any atom is -0.487 e. The van der Waals surface area contributed by atoms with Crippen molar-refractivity contribution >= 4 is 5.91 Å². The predicted molar refractivity (Wildman–Crippen MR) is 97.5 cm³/mol. The lowest BCUT2D eigenvalue weighted by molar-refractivity contribution is -0.191. The molecule has 0 N–H and O–H groups in total. The Kier molecular flexibility index (Phi) is 3.47. The van der Waals surface area contributed by atoms with Crippen molar-refractivity contribution in [1.82, 2.24) is 9.88 Å². The van der Waals surface area contributed by atoms with Crippen LogP contribution in [-0.2, 0) is 4.74 Å². The van der Waals surface area contributed by atoms with Gasteiger partial charge in [0, 0.05) is 30.0 Å². The number of ether oxygens (including phenoxy) is 2. The van der Waals surface area contributed by atoms with Gasteiger partial charge in [-0.05, 0) is 33.3 Å². The summed E-state index contributed by atoms with van der Waals surface area (Å²) in [5, 5.41) is 0. The topological polar surface area (TPSA) is 64.8 Å². The zero-order valence-electron chi connectivity index (χ0n) is 15.9. The number of amides is 1. The van der Waals surface area contributed by atoms with E-state index >= 15 is 0 Å². The van der Waals surface area contributed by atoms with Gasteiger partial charge in [-0.2, -0.15) is 0 Å². The van der Waals surface area contributed by atoms with Crippen LogP contribution < -0.4 is 4.74 Å². The second kappa shape index (κ2) is 5.58. The van der Waals surface area contributed by atoms with E-state index in [4.69, 9.17) is 13.9 Å². The Hall–Kier alpha value is -2.34. The highest BCUT2D eigenvalue weighted by molar-refractivity contribution is 5.93.